The summed E-state index contributed by atoms with van der Waals surface area (Å²) in [7, 11) is 0. The minimum Gasteiger partial charge on any atom is -0.265 e. The molecule has 2 aromatic rings. The van der Waals surface area contributed by atoms with E-state index in [9.17, 15) is 4.39 Å². The van der Waals surface area contributed by atoms with Crippen molar-refractivity contribution in [1.82, 2.24) is 4.98 Å². The maximum absolute atomic E-state index is 13.8. The van der Waals surface area contributed by atoms with Crippen LogP contribution in [-0.4, -0.2) is 11.7 Å². The zero-order chi connectivity index (χ0) is 13.0. The highest BCUT2D eigenvalue weighted by Crippen LogP contribution is 2.22. The molecule has 92 valence electrons. The van der Waals surface area contributed by atoms with Crippen LogP contribution in [-0.2, 0) is 5.75 Å². The summed E-state index contributed by atoms with van der Waals surface area (Å²) in [6, 6.07) is 9.46. The molecule has 0 aliphatic rings. The van der Waals surface area contributed by atoms with E-state index in [1.165, 1.54) is 5.56 Å². The number of hydrogen-bond acceptors (Lipinski definition) is 2. The van der Waals surface area contributed by atoms with Gasteiger partial charge in [-0.1, -0.05) is 19.7 Å². The van der Waals surface area contributed by atoms with Crippen LogP contribution in [0.1, 0.15) is 5.56 Å². The Bertz CT molecular complexity index is 516. The van der Waals surface area contributed by atoms with Crippen LogP contribution in [0.25, 0.3) is 0 Å². The van der Waals surface area contributed by atoms with Gasteiger partial charge in [-0.05, 0) is 35.3 Å². The minimum absolute atomic E-state index is 0.107. The molecule has 0 amide bonds. The molecule has 0 aliphatic carbocycles. The fourth-order valence-corrected chi connectivity index (χ4v) is 2.59. The van der Waals surface area contributed by atoms with Gasteiger partial charge in [0, 0.05) is 23.0 Å². The summed E-state index contributed by atoms with van der Waals surface area (Å²) in [5.74, 6) is 0.730. The van der Waals surface area contributed by atoms with Crippen LogP contribution in [0.15, 0.2) is 47.6 Å². The monoisotopic (exact) mass is 259 g/mol. The molecule has 0 aliphatic heterocycles. The molecule has 2 rings (SSSR count). The van der Waals surface area contributed by atoms with E-state index in [-0.39, 0.29) is 12.5 Å². The van der Waals surface area contributed by atoms with Crippen molar-refractivity contribution in [2.45, 2.75) is 24.3 Å². The summed E-state index contributed by atoms with van der Waals surface area (Å²) in [4.78, 5) is 4.94. The molecule has 0 N–H and O–H groups in total. The summed E-state index contributed by atoms with van der Waals surface area (Å²) in [5, 5.41) is 0. The first-order valence-electron chi connectivity index (χ1n) is 5.98. The highest BCUT2D eigenvalue weighted by atomic mass is 32.2. The first-order chi connectivity index (χ1) is 8.66. The van der Waals surface area contributed by atoms with Gasteiger partial charge in [-0.3, -0.25) is 4.98 Å². The van der Waals surface area contributed by atoms with E-state index >= 15 is 0 Å². The zero-order valence-corrected chi connectivity index (χ0v) is 11.4. The Morgan fingerprint density at radius 2 is 1.89 bits per heavy atom. The van der Waals surface area contributed by atoms with Crippen LogP contribution >= 0.6 is 11.8 Å². The normalized spacial score (nSPS) is 10.4. The van der Waals surface area contributed by atoms with Gasteiger partial charge in [-0.15, -0.1) is 11.8 Å². The Morgan fingerprint density at radius 3 is 2.50 bits per heavy atom. The number of rotatable bonds is 4. The second-order valence-corrected chi connectivity index (χ2v) is 5.53. The number of aromatic nitrogens is 1. The van der Waals surface area contributed by atoms with E-state index in [1.54, 1.807) is 30.2 Å². The van der Waals surface area contributed by atoms with Crippen molar-refractivity contribution in [1.29, 1.82) is 0 Å². The summed E-state index contributed by atoms with van der Waals surface area (Å²) in [6.07, 6.45) is 3.55. The van der Waals surface area contributed by atoms with Gasteiger partial charge in [-0.25, -0.2) is 4.39 Å². The molecule has 1 nitrogen and oxygen atoms in total. The van der Waals surface area contributed by atoms with Gasteiger partial charge in [0.1, 0.15) is 5.82 Å². The highest BCUT2D eigenvalue weighted by Gasteiger charge is 2.09. The quantitative estimate of drug-likeness (QED) is 0.616. The largest absolute Gasteiger partial charge is 0.265 e. The van der Waals surface area contributed by atoms with Crippen LogP contribution < -0.4 is 5.46 Å². The first kappa shape index (κ1) is 13.2. The summed E-state index contributed by atoms with van der Waals surface area (Å²) in [6.45, 7) is 4.23. The van der Waals surface area contributed by atoms with Crippen molar-refractivity contribution in [3.05, 3.63) is 54.1 Å². The second-order valence-electron chi connectivity index (χ2n) is 4.48. The number of hydrogen-bond donors (Lipinski definition) is 0. The molecule has 0 fully saturated rings. The number of nitrogens with zero attached hydrogens (tertiary/aromatic N) is 1. The topological polar surface area (TPSA) is 12.9 Å². The molecular weight excluding hydrogens is 244 g/mol. The Morgan fingerprint density at radius 1 is 1.17 bits per heavy atom. The van der Waals surface area contributed by atoms with E-state index < -0.39 is 0 Å². The molecule has 0 atom stereocenters. The van der Waals surface area contributed by atoms with Crippen LogP contribution in [0.3, 0.4) is 0 Å². The van der Waals surface area contributed by atoms with Crippen molar-refractivity contribution < 1.29 is 4.39 Å². The maximum atomic E-state index is 13.8. The molecule has 0 spiro atoms. The number of benzene rings is 1. The third-order valence-electron chi connectivity index (χ3n) is 2.75. The van der Waals surface area contributed by atoms with Crippen molar-refractivity contribution in [3.8, 4) is 0 Å². The Kier molecular flexibility index (Phi) is 4.42. The molecule has 0 saturated carbocycles. The summed E-state index contributed by atoms with van der Waals surface area (Å²) < 4.78 is 13.8. The number of thioether (sulfide) groups is 1. The van der Waals surface area contributed by atoms with E-state index in [1.807, 2.05) is 37.9 Å². The molecule has 0 saturated heterocycles. The van der Waals surface area contributed by atoms with E-state index in [4.69, 9.17) is 0 Å². The van der Waals surface area contributed by atoms with Crippen molar-refractivity contribution in [2.24, 2.45) is 0 Å². The predicted molar refractivity (Wildman–Crippen MR) is 77.3 cm³/mol. The number of halogens is 1. The average Bonchev–Trinajstić information content (AvgIpc) is 2.37. The standard InChI is InChI=1S/C14H15BFNS/c1-15(2)13-4-3-12(9-14(13)16)18-10-11-5-7-17-8-6-11/h3-9H,10H2,1-2H3. The third kappa shape index (κ3) is 3.36. The second kappa shape index (κ2) is 6.05. The smallest absolute Gasteiger partial charge is 0.173 e. The van der Waals surface area contributed by atoms with Crippen LogP contribution in [0, 0.1) is 5.82 Å². The Labute approximate surface area is 112 Å². The van der Waals surface area contributed by atoms with Crippen LogP contribution in [0.4, 0.5) is 4.39 Å². The fraction of sp³-hybridized carbons (Fsp3) is 0.214. The van der Waals surface area contributed by atoms with Gasteiger partial charge in [0.15, 0.2) is 6.71 Å². The summed E-state index contributed by atoms with van der Waals surface area (Å²) in [5.41, 5.74) is 1.98. The molecule has 1 aromatic carbocycles. The maximum Gasteiger partial charge on any atom is 0.173 e. The molecule has 18 heavy (non-hydrogen) atoms. The van der Waals surface area contributed by atoms with E-state index in [0.29, 0.717) is 0 Å². The average molecular weight is 259 g/mol. The van der Waals surface area contributed by atoms with Crippen LogP contribution in [0.2, 0.25) is 13.6 Å². The Balaban J connectivity index is 2.05. The van der Waals surface area contributed by atoms with Crippen molar-refractivity contribution >= 4 is 23.9 Å². The number of pyridine rings is 1. The zero-order valence-electron chi connectivity index (χ0n) is 10.6. The van der Waals surface area contributed by atoms with E-state index in [2.05, 4.69) is 4.98 Å². The summed E-state index contributed by atoms with van der Waals surface area (Å²) >= 11 is 1.64. The lowest BCUT2D eigenvalue weighted by atomic mass is 9.49. The molecule has 0 bridgehead atoms. The lowest BCUT2D eigenvalue weighted by Crippen LogP contribution is -2.25. The minimum atomic E-state index is -0.107. The molecule has 1 heterocycles. The highest BCUT2D eigenvalue weighted by molar-refractivity contribution is 7.98. The molecule has 0 radical (unpaired) electrons. The molecular formula is C14H15BFNS. The lowest BCUT2D eigenvalue weighted by molar-refractivity contribution is 0.632. The fourth-order valence-electron chi connectivity index (χ4n) is 1.71. The van der Waals surface area contributed by atoms with Gasteiger partial charge in [-0.2, -0.15) is 0 Å². The van der Waals surface area contributed by atoms with Crippen molar-refractivity contribution in [3.63, 3.8) is 0 Å². The molecule has 1 aromatic heterocycles. The van der Waals surface area contributed by atoms with Gasteiger partial charge in [0.05, 0.1) is 0 Å². The van der Waals surface area contributed by atoms with Gasteiger partial charge >= 0.3 is 0 Å². The van der Waals surface area contributed by atoms with Crippen molar-refractivity contribution in [2.75, 3.05) is 0 Å². The SMILES string of the molecule is CB(C)c1ccc(SCc2ccncc2)cc1F. The third-order valence-corrected chi connectivity index (χ3v) is 3.81. The first-order valence-corrected chi connectivity index (χ1v) is 6.96. The molecule has 0 unspecified atom stereocenters. The van der Waals surface area contributed by atoms with Gasteiger partial charge in [0.2, 0.25) is 0 Å². The molecule has 4 heteroatoms. The Hall–Kier alpha value is -1.29. The predicted octanol–water partition coefficient (Wildman–Crippen LogP) is 3.47. The van der Waals surface area contributed by atoms with Crippen LogP contribution in [0.5, 0.6) is 0 Å². The lowest BCUT2D eigenvalue weighted by Gasteiger charge is -2.07. The van der Waals surface area contributed by atoms with Gasteiger partial charge in [0.25, 0.3) is 0 Å². The van der Waals surface area contributed by atoms with Gasteiger partial charge < -0.3 is 0 Å². The van der Waals surface area contributed by atoms with E-state index in [0.717, 1.165) is 16.1 Å².